The molecule has 2 heterocycles. The molecule has 1 unspecified atom stereocenters. The van der Waals surface area contributed by atoms with Crippen molar-refractivity contribution in [2.24, 2.45) is 0 Å². The first-order valence-corrected chi connectivity index (χ1v) is 5.89. The van der Waals surface area contributed by atoms with Gasteiger partial charge in [-0.15, -0.1) is 0 Å². The Labute approximate surface area is 106 Å². The summed E-state index contributed by atoms with van der Waals surface area (Å²) in [6.45, 7) is 4.45. The predicted molar refractivity (Wildman–Crippen MR) is 68.4 cm³/mol. The molecule has 2 aromatic rings. The Kier molecular flexibility index (Phi) is 3.89. The lowest BCUT2D eigenvalue weighted by molar-refractivity contribution is 0.214. The van der Waals surface area contributed by atoms with Crippen LogP contribution in [0.5, 0.6) is 5.75 Å². The minimum Gasteiger partial charge on any atom is -0.492 e. The molecule has 4 nitrogen and oxygen atoms in total. The summed E-state index contributed by atoms with van der Waals surface area (Å²) in [6.07, 6.45) is 4.16. The largest absolute Gasteiger partial charge is 0.492 e. The summed E-state index contributed by atoms with van der Waals surface area (Å²) in [5, 5.41) is 10.3. The van der Waals surface area contributed by atoms with Gasteiger partial charge in [0.25, 0.3) is 0 Å². The number of aryl methyl sites for hydroxylation is 1. The van der Waals surface area contributed by atoms with E-state index in [2.05, 4.69) is 9.97 Å². The average Bonchev–Trinajstić information content (AvgIpc) is 2.39. The Bertz CT molecular complexity index is 529. The third-order valence-electron chi connectivity index (χ3n) is 2.58. The van der Waals surface area contributed by atoms with E-state index in [1.807, 2.05) is 26.0 Å². The molecule has 94 valence electrons. The van der Waals surface area contributed by atoms with Crippen molar-refractivity contribution in [2.45, 2.75) is 20.0 Å². The fourth-order valence-electron chi connectivity index (χ4n) is 1.71. The van der Waals surface area contributed by atoms with Crippen molar-refractivity contribution in [3.05, 3.63) is 53.6 Å². The normalized spacial score (nSPS) is 12.2. The molecule has 0 spiro atoms. The smallest absolute Gasteiger partial charge is 0.137 e. The standard InChI is InChI=1S/C14H16N2O2/c1-3-18-12-7-11(8-15-9-12)14(17)13-6-10(2)4-5-16-13/h4-9,14,17H,3H2,1-2H3. The quantitative estimate of drug-likeness (QED) is 0.896. The van der Waals surface area contributed by atoms with Gasteiger partial charge in [-0.05, 0) is 37.6 Å². The first-order chi connectivity index (χ1) is 8.70. The summed E-state index contributed by atoms with van der Waals surface area (Å²) < 4.78 is 5.36. The maximum absolute atomic E-state index is 10.3. The number of aromatic nitrogens is 2. The molecule has 0 aliphatic carbocycles. The van der Waals surface area contributed by atoms with E-state index >= 15 is 0 Å². The zero-order valence-corrected chi connectivity index (χ0v) is 10.5. The van der Waals surface area contributed by atoms with Gasteiger partial charge < -0.3 is 9.84 Å². The number of aliphatic hydroxyl groups is 1. The number of hydrogen-bond donors (Lipinski definition) is 1. The molecule has 1 N–H and O–H groups in total. The van der Waals surface area contributed by atoms with E-state index in [0.717, 1.165) is 5.56 Å². The number of rotatable bonds is 4. The van der Waals surface area contributed by atoms with Gasteiger partial charge in [0, 0.05) is 18.0 Å². The molecule has 1 atom stereocenters. The van der Waals surface area contributed by atoms with E-state index in [9.17, 15) is 5.11 Å². The second-order valence-corrected chi connectivity index (χ2v) is 4.05. The minimum atomic E-state index is -0.780. The Morgan fingerprint density at radius 2 is 2.17 bits per heavy atom. The van der Waals surface area contributed by atoms with Crippen molar-refractivity contribution in [3.63, 3.8) is 0 Å². The van der Waals surface area contributed by atoms with Crippen molar-refractivity contribution >= 4 is 0 Å². The van der Waals surface area contributed by atoms with Gasteiger partial charge in [0.1, 0.15) is 11.9 Å². The van der Waals surface area contributed by atoms with Crippen LogP contribution in [0, 0.1) is 6.92 Å². The van der Waals surface area contributed by atoms with Gasteiger partial charge in [0.15, 0.2) is 0 Å². The van der Waals surface area contributed by atoms with E-state index < -0.39 is 6.10 Å². The monoisotopic (exact) mass is 244 g/mol. The lowest BCUT2D eigenvalue weighted by atomic mass is 10.1. The molecule has 0 bridgehead atoms. The number of ether oxygens (including phenoxy) is 1. The molecule has 0 saturated carbocycles. The third kappa shape index (κ3) is 2.84. The van der Waals surface area contributed by atoms with Crippen LogP contribution in [0.15, 0.2) is 36.8 Å². The van der Waals surface area contributed by atoms with Gasteiger partial charge in [-0.25, -0.2) is 0 Å². The van der Waals surface area contributed by atoms with Crippen molar-refractivity contribution < 1.29 is 9.84 Å². The molecule has 0 aliphatic heterocycles. The van der Waals surface area contributed by atoms with Crippen molar-refractivity contribution in [1.29, 1.82) is 0 Å². The maximum Gasteiger partial charge on any atom is 0.137 e. The van der Waals surface area contributed by atoms with E-state index in [-0.39, 0.29) is 0 Å². The van der Waals surface area contributed by atoms with E-state index in [0.29, 0.717) is 23.6 Å². The van der Waals surface area contributed by atoms with Crippen LogP contribution in [0.2, 0.25) is 0 Å². The Morgan fingerprint density at radius 3 is 2.89 bits per heavy atom. The van der Waals surface area contributed by atoms with Gasteiger partial charge in [-0.2, -0.15) is 0 Å². The van der Waals surface area contributed by atoms with E-state index in [1.54, 1.807) is 24.7 Å². The third-order valence-corrected chi connectivity index (χ3v) is 2.58. The van der Waals surface area contributed by atoms with Gasteiger partial charge in [0.05, 0.1) is 18.5 Å². The molecule has 0 radical (unpaired) electrons. The molecule has 18 heavy (non-hydrogen) atoms. The van der Waals surface area contributed by atoms with Crippen LogP contribution in [0.4, 0.5) is 0 Å². The fourth-order valence-corrected chi connectivity index (χ4v) is 1.71. The van der Waals surface area contributed by atoms with Crippen LogP contribution in [-0.4, -0.2) is 21.7 Å². The van der Waals surface area contributed by atoms with E-state index in [1.165, 1.54) is 0 Å². The summed E-state index contributed by atoms with van der Waals surface area (Å²) >= 11 is 0. The molecule has 0 amide bonds. The highest BCUT2D eigenvalue weighted by Gasteiger charge is 2.13. The van der Waals surface area contributed by atoms with Gasteiger partial charge in [0.2, 0.25) is 0 Å². The summed E-state index contributed by atoms with van der Waals surface area (Å²) in [5.41, 5.74) is 2.36. The second-order valence-electron chi connectivity index (χ2n) is 4.05. The Morgan fingerprint density at radius 1 is 1.33 bits per heavy atom. The highest BCUT2D eigenvalue weighted by Crippen LogP contribution is 2.23. The van der Waals surface area contributed by atoms with Crippen molar-refractivity contribution in [2.75, 3.05) is 6.61 Å². The highest BCUT2D eigenvalue weighted by molar-refractivity contribution is 5.30. The SMILES string of the molecule is CCOc1cncc(C(O)c2cc(C)ccn2)c1. The second kappa shape index (κ2) is 5.60. The maximum atomic E-state index is 10.3. The van der Waals surface area contributed by atoms with Crippen LogP contribution in [0.3, 0.4) is 0 Å². The first kappa shape index (κ1) is 12.5. The molecular weight excluding hydrogens is 228 g/mol. The van der Waals surface area contributed by atoms with Crippen LogP contribution < -0.4 is 4.74 Å². The summed E-state index contributed by atoms with van der Waals surface area (Å²) in [6, 6.07) is 5.54. The van der Waals surface area contributed by atoms with Crippen LogP contribution in [0.25, 0.3) is 0 Å². The molecule has 2 rings (SSSR count). The highest BCUT2D eigenvalue weighted by atomic mass is 16.5. The average molecular weight is 244 g/mol. The molecular formula is C14H16N2O2. The van der Waals surface area contributed by atoms with Gasteiger partial charge >= 0.3 is 0 Å². The van der Waals surface area contributed by atoms with Crippen molar-refractivity contribution in [1.82, 2.24) is 9.97 Å². The van der Waals surface area contributed by atoms with Gasteiger partial charge in [-0.3, -0.25) is 9.97 Å². The summed E-state index contributed by atoms with van der Waals surface area (Å²) in [4.78, 5) is 8.23. The van der Waals surface area contributed by atoms with E-state index in [4.69, 9.17) is 4.74 Å². The zero-order valence-electron chi connectivity index (χ0n) is 10.5. The molecule has 4 heteroatoms. The van der Waals surface area contributed by atoms with Crippen LogP contribution >= 0.6 is 0 Å². The predicted octanol–water partition coefficient (Wildman–Crippen LogP) is 2.27. The van der Waals surface area contributed by atoms with Gasteiger partial charge in [-0.1, -0.05) is 0 Å². The number of aliphatic hydroxyl groups excluding tert-OH is 1. The van der Waals surface area contributed by atoms with Crippen LogP contribution in [0.1, 0.15) is 29.8 Å². The Hall–Kier alpha value is -1.94. The molecule has 0 saturated heterocycles. The number of hydrogen-bond acceptors (Lipinski definition) is 4. The molecule has 0 fully saturated rings. The lowest BCUT2D eigenvalue weighted by Crippen LogP contribution is -2.04. The first-order valence-electron chi connectivity index (χ1n) is 5.89. The Balaban J connectivity index is 2.27. The molecule has 0 aliphatic rings. The minimum absolute atomic E-state index is 0.573. The molecule has 0 aromatic carbocycles. The summed E-state index contributed by atoms with van der Waals surface area (Å²) in [5.74, 6) is 0.654. The van der Waals surface area contributed by atoms with Crippen molar-refractivity contribution in [3.8, 4) is 5.75 Å². The topological polar surface area (TPSA) is 55.2 Å². The lowest BCUT2D eigenvalue weighted by Gasteiger charge is -2.12. The molecule has 2 aromatic heterocycles. The van der Waals surface area contributed by atoms with Crippen LogP contribution in [-0.2, 0) is 0 Å². The zero-order chi connectivity index (χ0) is 13.0. The summed E-state index contributed by atoms with van der Waals surface area (Å²) in [7, 11) is 0. The fraction of sp³-hybridized carbons (Fsp3) is 0.286. The number of nitrogens with zero attached hydrogens (tertiary/aromatic N) is 2. The number of pyridine rings is 2.